The maximum absolute atomic E-state index is 5.44. The van der Waals surface area contributed by atoms with E-state index in [-0.39, 0.29) is 0 Å². The molecular formula is C11H23NO. The summed E-state index contributed by atoms with van der Waals surface area (Å²) in [6.45, 7) is 4.51. The minimum absolute atomic E-state index is 0.458. The Morgan fingerprint density at radius 3 is 2.85 bits per heavy atom. The van der Waals surface area contributed by atoms with Crippen LogP contribution in [0.5, 0.6) is 0 Å². The molecule has 78 valence electrons. The molecule has 1 saturated carbocycles. The van der Waals surface area contributed by atoms with Crippen LogP contribution >= 0.6 is 0 Å². The van der Waals surface area contributed by atoms with Crippen molar-refractivity contribution in [3.05, 3.63) is 0 Å². The third kappa shape index (κ3) is 3.28. The van der Waals surface area contributed by atoms with E-state index in [0.717, 1.165) is 0 Å². The highest BCUT2D eigenvalue weighted by Crippen LogP contribution is 2.22. The third-order valence-electron chi connectivity index (χ3n) is 2.98. The highest BCUT2D eigenvalue weighted by molar-refractivity contribution is 4.85. The van der Waals surface area contributed by atoms with Crippen molar-refractivity contribution < 1.29 is 4.74 Å². The average molecular weight is 185 g/mol. The summed E-state index contributed by atoms with van der Waals surface area (Å²) in [7, 11) is 1.83. The van der Waals surface area contributed by atoms with E-state index < -0.39 is 0 Å². The highest BCUT2D eigenvalue weighted by Gasteiger charge is 2.27. The summed E-state index contributed by atoms with van der Waals surface area (Å²) >= 11 is 0. The molecule has 1 N–H and O–H groups in total. The molecular weight excluding hydrogens is 162 g/mol. The highest BCUT2D eigenvalue weighted by atomic mass is 16.5. The molecule has 3 unspecified atom stereocenters. The lowest BCUT2D eigenvalue weighted by Gasteiger charge is -2.23. The van der Waals surface area contributed by atoms with Gasteiger partial charge in [0.05, 0.1) is 6.10 Å². The molecule has 1 rings (SSSR count). The minimum Gasteiger partial charge on any atom is -0.380 e. The van der Waals surface area contributed by atoms with E-state index in [4.69, 9.17) is 4.74 Å². The molecule has 0 radical (unpaired) electrons. The molecule has 0 amide bonds. The topological polar surface area (TPSA) is 21.3 Å². The lowest BCUT2D eigenvalue weighted by molar-refractivity contribution is 0.0815. The van der Waals surface area contributed by atoms with Crippen LogP contribution in [0.3, 0.4) is 0 Å². The molecule has 0 heterocycles. The number of rotatable bonds is 5. The Morgan fingerprint density at radius 2 is 2.23 bits per heavy atom. The Kier molecular flexibility index (Phi) is 4.74. The quantitative estimate of drug-likeness (QED) is 0.710. The predicted molar refractivity (Wildman–Crippen MR) is 55.9 cm³/mol. The van der Waals surface area contributed by atoms with Crippen molar-refractivity contribution >= 4 is 0 Å². The van der Waals surface area contributed by atoms with Gasteiger partial charge < -0.3 is 10.1 Å². The van der Waals surface area contributed by atoms with Crippen LogP contribution in [-0.4, -0.2) is 25.3 Å². The average Bonchev–Trinajstić information content (AvgIpc) is 2.52. The Balaban J connectivity index is 2.26. The molecule has 2 nitrogen and oxygen atoms in total. The number of hydrogen-bond donors (Lipinski definition) is 1. The van der Waals surface area contributed by atoms with Crippen molar-refractivity contribution in [2.75, 3.05) is 7.11 Å². The van der Waals surface area contributed by atoms with Crippen molar-refractivity contribution in [1.29, 1.82) is 0 Å². The number of hydrogen-bond acceptors (Lipinski definition) is 2. The summed E-state index contributed by atoms with van der Waals surface area (Å²) in [6.07, 6.45) is 6.82. The Hall–Kier alpha value is -0.0800. The van der Waals surface area contributed by atoms with Crippen molar-refractivity contribution in [3.8, 4) is 0 Å². The van der Waals surface area contributed by atoms with Crippen LogP contribution in [0.1, 0.15) is 46.0 Å². The van der Waals surface area contributed by atoms with Crippen LogP contribution in [0.25, 0.3) is 0 Å². The van der Waals surface area contributed by atoms with Crippen LogP contribution in [-0.2, 0) is 4.74 Å². The monoisotopic (exact) mass is 185 g/mol. The standard InChI is InChI=1S/C11H23NO/c1-4-6-9(2)12-10-7-5-8-11(10)13-3/h9-12H,4-8H2,1-3H3. The second-order valence-electron chi connectivity index (χ2n) is 4.17. The molecule has 0 aromatic rings. The van der Waals surface area contributed by atoms with E-state index in [1.54, 1.807) is 0 Å². The molecule has 0 aromatic carbocycles. The third-order valence-corrected chi connectivity index (χ3v) is 2.98. The van der Waals surface area contributed by atoms with Gasteiger partial charge in [0.15, 0.2) is 0 Å². The maximum atomic E-state index is 5.44. The largest absolute Gasteiger partial charge is 0.380 e. The van der Waals surface area contributed by atoms with Gasteiger partial charge in [-0.1, -0.05) is 13.3 Å². The molecule has 13 heavy (non-hydrogen) atoms. The zero-order valence-electron chi connectivity index (χ0n) is 9.18. The fraction of sp³-hybridized carbons (Fsp3) is 1.00. The van der Waals surface area contributed by atoms with E-state index in [0.29, 0.717) is 18.2 Å². The first kappa shape index (κ1) is 11.0. The maximum Gasteiger partial charge on any atom is 0.0724 e. The van der Waals surface area contributed by atoms with E-state index in [1.165, 1.54) is 32.1 Å². The van der Waals surface area contributed by atoms with Gasteiger partial charge in [-0.2, -0.15) is 0 Å². The van der Waals surface area contributed by atoms with Gasteiger partial charge in [0.2, 0.25) is 0 Å². The van der Waals surface area contributed by atoms with Gasteiger partial charge in [-0.15, -0.1) is 0 Å². The van der Waals surface area contributed by atoms with Gasteiger partial charge in [-0.3, -0.25) is 0 Å². The smallest absolute Gasteiger partial charge is 0.0724 e. The Bertz CT molecular complexity index is 138. The zero-order valence-corrected chi connectivity index (χ0v) is 9.18. The molecule has 0 aromatic heterocycles. The molecule has 1 aliphatic rings. The number of ether oxygens (including phenoxy) is 1. The first-order valence-corrected chi connectivity index (χ1v) is 5.56. The minimum atomic E-state index is 0.458. The summed E-state index contributed by atoms with van der Waals surface area (Å²) in [4.78, 5) is 0. The normalized spacial score (nSPS) is 30.7. The van der Waals surface area contributed by atoms with Crippen LogP contribution in [0, 0.1) is 0 Å². The van der Waals surface area contributed by atoms with E-state index in [1.807, 2.05) is 7.11 Å². The number of methoxy groups -OCH3 is 1. The molecule has 0 bridgehead atoms. The van der Waals surface area contributed by atoms with Gasteiger partial charge in [0, 0.05) is 19.2 Å². The Morgan fingerprint density at radius 1 is 1.46 bits per heavy atom. The summed E-state index contributed by atoms with van der Waals surface area (Å²) in [6, 6.07) is 1.25. The lowest BCUT2D eigenvalue weighted by atomic mass is 10.1. The van der Waals surface area contributed by atoms with E-state index in [2.05, 4.69) is 19.2 Å². The molecule has 1 fully saturated rings. The van der Waals surface area contributed by atoms with Crippen LogP contribution in [0.2, 0.25) is 0 Å². The fourth-order valence-corrected chi connectivity index (χ4v) is 2.28. The van der Waals surface area contributed by atoms with Crippen molar-refractivity contribution in [2.24, 2.45) is 0 Å². The lowest BCUT2D eigenvalue weighted by Crippen LogP contribution is -2.41. The van der Waals surface area contributed by atoms with Crippen molar-refractivity contribution in [1.82, 2.24) is 5.32 Å². The van der Waals surface area contributed by atoms with Crippen molar-refractivity contribution in [3.63, 3.8) is 0 Å². The Labute approximate surface area is 82.0 Å². The van der Waals surface area contributed by atoms with Gasteiger partial charge in [-0.25, -0.2) is 0 Å². The SMILES string of the molecule is CCCC(C)NC1CCCC1OC. The molecule has 0 spiro atoms. The van der Waals surface area contributed by atoms with Gasteiger partial charge in [-0.05, 0) is 32.6 Å². The van der Waals surface area contributed by atoms with Gasteiger partial charge in [0.25, 0.3) is 0 Å². The van der Waals surface area contributed by atoms with Crippen LogP contribution in [0.15, 0.2) is 0 Å². The molecule has 2 heteroatoms. The summed E-state index contributed by atoms with van der Waals surface area (Å²) in [5.74, 6) is 0. The van der Waals surface area contributed by atoms with Gasteiger partial charge in [0.1, 0.15) is 0 Å². The number of nitrogens with one attached hydrogen (secondary N) is 1. The van der Waals surface area contributed by atoms with E-state index >= 15 is 0 Å². The molecule has 0 saturated heterocycles. The summed E-state index contributed by atoms with van der Waals surface area (Å²) in [5, 5.41) is 3.66. The van der Waals surface area contributed by atoms with E-state index in [9.17, 15) is 0 Å². The second-order valence-corrected chi connectivity index (χ2v) is 4.17. The second kappa shape index (κ2) is 5.61. The zero-order chi connectivity index (χ0) is 9.68. The first-order valence-electron chi connectivity index (χ1n) is 5.56. The van der Waals surface area contributed by atoms with Gasteiger partial charge >= 0.3 is 0 Å². The molecule has 3 atom stereocenters. The molecule has 0 aliphatic heterocycles. The first-order chi connectivity index (χ1) is 6.27. The summed E-state index contributed by atoms with van der Waals surface area (Å²) in [5.41, 5.74) is 0. The van der Waals surface area contributed by atoms with Crippen molar-refractivity contribution in [2.45, 2.75) is 64.1 Å². The fourth-order valence-electron chi connectivity index (χ4n) is 2.28. The molecule has 1 aliphatic carbocycles. The summed E-state index contributed by atoms with van der Waals surface area (Å²) < 4.78 is 5.44. The predicted octanol–water partition coefficient (Wildman–Crippen LogP) is 2.33. The van der Waals surface area contributed by atoms with Crippen LogP contribution in [0.4, 0.5) is 0 Å². The van der Waals surface area contributed by atoms with Crippen LogP contribution < -0.4 is 5.32 Å².